The Morgan fingerprint density at radius 1 is 1.26 bits per heavy atom. The van der Waals surface area contributed by atoms with E-state index in [9.17, 15) is 4.79 Å². The van der Waals surface area contributed by atoms with Crippen LogP contribution >= 0.6 is 15.9 Å². The van der Waals surface area contributed by atoms with Crippen molar-refractivity contribution in [3.63, 3.8) is 0 Å². The molecule has 0 fully saturated rings. The van der Waals surface area contributed by atoms with Gasteiger partial charge >= 0.3 is 0 Å². The molecule has 1 aromatic heterocycles. The Hall–Kier alpha value is -1.88. The molecular formula is C14H14BrN3O. The molecule has 0 saturated heterocycles. The number of aromatic nitrogens is 1. The summed E-state index contributed by atoms with van der Waals surface area (Å²) in [5.74, 6) is -0.224. The van der Waals surface area contributed by atoms with Crippen molar-refractivity contribution in [2.45, 2.75) is 6.92 Å². The summed E-state index contributed by atoms with van der Waals surface area (Å²) < 4.78 is 0.922. The fourth-order valence-electron chi connectivity index (χ4n) is 1.63. The Morgan fingerprint density at radius 2 is 2.05 bits per heavy atom. The SMILES string of the molecule is CNc1ccnc(C(=O)Nc2cc(Br)ccc2C)c1. The second-order valence-corrected chi connectivity index (χ2v) is 5.01. The first-order valence-electron chi connectivity index (χ1n) is 5.81. The maximum atomic E-state index is 12.1. The van der Waals surface area contributed by atoms with Crippen LogP contribution in [-0.2, 0) is 0 Å². The zero-order valence-electron chi connectivity index (χ0n) is 10.7. The van der Waals surface area contributed by atoms with Crippen molar-refractivity contribution < 1.29 is 4.79 Å². The van der Waals surface area contributed by atoms with Crippen LogP contribution in [0.2, 0.25) is 0 Å². The van der Waals surface area contributed by atoms with Crippen molar-refractivity contribution in [3.05, 3.63) is 52.3 Å². The van der Waals surface area contributed by atoms with Gasteiger partial charge < -0.3 is 10.6 Å². The van der Waals surface area contributed by atoms with E-state index in [0.29, 0.717) is 5.69 Å². The summed E-state index contributed by atoms with van der Waals surface area (Å²) in [5.41, 5.74) is 3.01. The number of nitrogens with one attached hydrogen (secondary N) is 2. The molecule has 0 atom stereocenters. The van der Waals surface area contributed by atoms with Gasteiger partial charge in [0, 0.05) is 29.1 Å². The van der Waals surface area contributed by atoms with Crippen molar-refractivity contribution in [2.24, 2.45) is 0 Å². The number of carbonyl (C=O) groups excluding carboxylic acids is 1. The van der Waals surface area contributed by atoms with Gasteiger partial charge in [-0.15, -0.1) is 0 Å². The second-order valence-electron chi connectivity index (χ2n) is 4.09. The van der Waals surface area contributed by atoms with Crippen molar-refractivity contribution in [1.82, 2.24) is 4.98 Å². The molecular weight excluding hydrogens is 306 g/mol. The highest BCUT2D eigenvalue weighted by atomic mass is 79.9. The highest BCUT2D eigenvalue weighted by Crippen LogP contribution is 2.21. The fraction of sp³-hybridized carbons (Fsp3) is 0.143. The van der Waals surface area contributed by atoms with E-state index in [1.165, 1.54) is 0 Å². The average Bonchev–Trinajstić information content (AvgIpc) is 2.43. The molecule has 0 unspecified atom stereocenters. The monoisotopic (exact) mass is 319 g/mol. The Bertz CT molecular complexity index is 613. The van der Waals surface area contributed by atoms with Gasteiger partial charge in [-0.3, -0.25) is 9.78 Å². The van der Waals surface area contributed by atoms with Crippen molar-refractivity contribution in [2.75, 3.05) is 17.7 Å². The number of carbonyl (C=O) groups is 1. The minimum absolute atomic E-state index is 0.224. The summed E-state index contributed by atoms with van der Waals surface area (Å²) in [4.78, 5) is 16.2. The molecule has 0 aliphatic carbocycles. The normalized spacial score (nSPS) is 10.1. The molecule has 0 spiro atoms. The van der Waals surface area contributed by atoms with Gasteiger partial charge in [0.1, 0.15) is 5.69 Å². The summed E-state index contributed by atoms with van der Waals surface area (Å²) in [5, 5.41) is 5.84. The summed E-state index contributed by atoms with van der Waals surface area (Å²) in [6.07, 6.45) is 1.61. The van der Waals surface area contributed by atoms with Gasteiger partial charge in [-0.05, 0) is 36.8 Å². The summed E-state index contributed by atoms with van der Waals surface area (Å²) in [7, 11) is 1.80. The molecule has 2 N–H and O–H groups in total. The van der Waals surface area contributed by atoms with Crippen LogP contribution in [0.5, 0.6) is 0 Å². The Balaban J connectivity index is 2.22. The number of hydrogen-bond acceptors (Lipinski definition) is 3. The second kappa shape index (κ2) is 5.84. The number of amides is 1. The summed E-state index contributed by atoms with van der Waals surface area (Å²) >= 11 is 3.39. The molecule has 1 amide bonds. The van der Waals surface area contributed by atoms with E-state index >= 15 is 0 Å². The number of rotatable bonds is 3. The maximum absolute atomic E-state index is 12.1. The number of benzene rings is 1. The van der Waals surface area contributed by atoms with Gasteiger partial charge in [0.25, 0.3) is 5.91 Å². The third-order valence-electron chi connectivity index (χ3n) is 2.73. The standard InChI is InChI=1S/C14H14BrN3O/c1-9-3-4-10(15)7-12(9)18-14(19)13-8-11(16-2)5-6-17-13/h3-8H,1-2H3,(H,16,17)(H,18,19). The van der Waals surface area contributed by atoms with Gasteiger partial charge in [0.05, 0.1) is 0 Å². The lowest BCUT2D eigenvalue weighted by molar-refractivity contribution is 0.102. The molecule has 98 valence electrons. The third-order valence-corrected chi connectivity index (χ3v) is 3.22. The van der Waals surface area contributed by atoms with Gasteiger partial charge in [-0.1, -0.05) is 22.0 Å². The van der Waals surface area contributed by atoms with Crippen LogP contribution < -0.4 is 10.6 Å². The molecule has 0 bridgehead atoms. The number of pyridine rings is 1. The summed E-state index contributed by atoms with van der Waals surface area (Å²) in [6.45, 7) is 1.94. The number of hydrogen-bond donors (Lipinski definition) is 2. The third kappa shape index (κ3) is 3.32. The van der Waals surface area contributed by atoms with E-state index in [4.69, 9.17) is 0 Å². The van der Waals surface area contributed by atoms with Crippen molar-refractivity contribution >= 4 is 33.2 Å². The van der Waals surface area contributed by atoms with Crippen LogP contribution in [-0.4, -0.2) is 17.9 Å². The zero-order valence-corrected chi connectivity index (χ0v) is 12.3. The largest absolute Gasteiger partial charge is 0.388 e. The minimum atomic E-state index is -0.224. The zero-order chi connectivity index (χ0) is 13.8. The van der Waals surface area contributed by atoms with Gasteiger partial charge in [-0.25, -0.2) is 0 Å². The molecule has 4 nitrogen and oxygen atoms in total. The van der Waals surface area contributed by atoms with Crippen LogP contribution in [0.4, 0.5) is 11.4 Å². The van der Waals surface area contributed by atoms with Crippen LogP contribution in [0.25, 0.3) is 0 Å². The first kappa shape index (κ1) is 13.5. The molecule has 2 rings (SSSR count). The van der Waals surface area contributed by atoms with E-state index in [1.54, 1.807) is 25.4 Å². The number of aryl methyl sites for hydroxylation is 1. The predicted octanol–water partition coefficient (Wildman–Crippen LogP) is 3.45. The lowest BCUT2D eigenvalue weighted by atomic mass is 10.2. The molecule has 2 aromatic rings. The van der Waals surface area contributed by atoms with Crippen LogP contribution in [0.1, 0.15) is 16.1 Å². The molecule has 19 heavy (non-hydrogen) atoms. The first-order chi connectivity index (χ1) is 9.10. The molecule has 0 aliphatic heterocycles. The van der Waals surface area contributed by atoms with Crippen LogP contribution in [0.15, 0.2) is 41.0 Å². The van der Waals surface area contributed by atoms with E-state index in [2.05, 4.69) is 31.5 Å². The number of halogens is 1. The quantitative estimate of drug-likeness (QED) is 0.911. The molecule has 1 aromatic carbocycles. The Morgan fingerprint density at radius 3 is 2.79 bits per heavy atom. The topological polar surface area (TPSA) is 54.0 Å². The minimum Gasteiger partial charge on any atom is -0.388 e. The molecule has 0 radical (unpaired) electrons. The lowest BCUT2D eigenvalue weighted by Gasteiger charge is -2.09. The van der Waals surface area contributed by atoms with Crippen LogP contribution in [0, 0.1) is 6.92 Å². The summed E-state index contributed by atoms with van der Waals surface area (Å²) in [6, 6.07) is 9.26. The number of nitrogens with zero attached hydrogens (tertiary/aromatic N) is 1. The van der Waals surface area contributed by atoms with Gasteiger partial charge in [0.2, 0.25) is 0 Å². The van der Waals surface area contributed by atoms with E-state index < -0.39 is 0 Å². The van der Waals surface area contributed by atoms with Gasteiger partial charge in [-0.2, -0.15) is 0 Å². The van der Waals surface area contributed by atoms with Crippen molar-refractivity contribution in [3.8, 4) is 0 Å². The molecule has 0 saturated carbocycles. The molecule has 1 heterocycles. The molecule has 0 aliphatic rings. The van der Waals surface area contributed by atoms with Crippen LogP contribution in [0.3, 0.4) is 0 Å². The van der Waals surface area contributed by atoms with E-state index in [0.717, 1.165) is 21.4 Å². The van der Waals surface area contributed by atoms with Gasteiger partial charge in [0.15, 0.2) is 0 Å². The van der Waals surface area contributed by atoms with E-state index in [-0.39, 0.29) is 5.91 Å². The highest BCUT2D eigenvalue weighted by molar-refractivity contribution is 9.10. The molecule has 5 heteroatoms. The lowest BCUT2D eigenvalue weighted by Crippen LogP contribution is -2.14. The maximum Gasteiger partial charge on any atom is 0.274 e. The average molecular weight is 320 g/mol. The predicted molar refractivity (Wildman–Crippen MR) is 80.6 cm³/mol. The van der Waals surface area contributed by atoms with Crippen molar-refractivity contribution in [1.29, 1.82) is 0 Å². The Kier molecular flexibility index (Phi) is 4.16. The fourth-order valence-corrected chi connectivity index (χ4v) is 1.99. The smallest absolute Gasteiger partial charge is 0.274 e. The van der Waals surface area contributed by atoms with E-state index in [1.807, 2.05) is 25.1 Å². The number of anilines is 2. The highest BCUT2D eigenvalue weighted by Gasteiger charge is 2.09. The first-order valence-corrected chi connectivity index (χ1v) is 6.61. The Labute approximate surface area is 120 Å².